The molecule has 1 fully saturated rings. The Bertz CT molecular complexity index is 626. The average molecular weight is 307 g/mol. The van der Waals surface area contributed by atoms with Crippen molar-refractivity contribution < 1.29 is 8.42 Å². The van der Waals surface area contributed by atoms with E-state index in [0.29, 0.717) is 18.0 Å². The summed E-state index contributed by atoms with van der Waals surface area (Å²) in [7, 11) is -3.52. The van der Waals surface area contributed by atoms with Crippen molar-refractivity contribution in [3.8, 4) is 11.8 Å². The van der Waals surface area contributed by atoms with E-state index >= 15 is 0 Å². The third-order valence-corrected chi connectivity index (χ3v) is 5.04. The molecule has 1 aliphatic rings. The molecule has 3 N–H and O–H groups in total. The van der Waals surface area contributed by atoms with E-state index in [2.05, 4.69) is 21.5 Å². The fraction of sp³-hybridized carbons (Fsp3) is 0.533. The van der Waals surface area contributed by atoms with Gasteiger partial charge in [0.1, 0.15) is 4.90 Å². The molecule has 0 amide bonds. The monoisotopic (exact) mass is 307 g/mol. The lowest BCUT2D eigenvalue weighted by atomic mass is 9.90. The van der Waals surface area contributed by atoms with Crippen LogP contribution in [-0.2, 0) is 10.0 Å². The third kappa shape index (κ3) is 4.81. The maximum absolute atomic E-state index is 12.3. The number of nitrogens with two attached hydrogens (primary N) is 1. The van der Waals surface area contributed by atoms with Gasteiger partial charge in [0.15, 0.2) is 0 Å². The van der Waals surface area contributed by atoms with E-state index in [1.54, 1.807) is 0 Å². The number of rotatable bonds is 4. The van der Waals surface area contributed by atoms with E-state index in [-0.39, 0.29) is 11.4 Å². The van der Waals surface area contributed by atoms with Crippen molar-refractivity contribution in [3.63, 3.8) is 0 Å². The first kappa shape index (κ1) is 16.0. The van der Waals surface area contributed by atoms with Crippen molar-refractivity contribution in [1.82, 2.24) is 9.71 Å². The van der Waals surface area contributed by atoms with Crippen molar-refractivity contribution in [2.24, 2.45) is 11.7 Å². The Labute approximate surface area is 126 Å². The molecule has 1 aliphatic carbocycles. The van der Waals surface area contributed by atoms with Gasteiger partial charge in [-0.2, -0.15) is 0 Å². The summed E-state index contributed by atoms with van der Waals surface area (Å²) < 4.78 is 27.2. The Morgan fingerprint density at radius 3 is 2.76 bits per heavy atom. The highest BCUT2D eigenvalue weighted by Crippen LogP contribution is 2.23. The Balaban J connectivity index is 2.04. The molecule has 1 aromatic rings. The van der Waals surface area contributed by atoms with E-state index in [1.165, 1.54) is 37.7 Å². The summed E-state index contributed by atoms with van der Waals surface area (Å²) in [6, 6.07) is 1.53. The lowest BCUT2D eigenvalue weighted by Gasteiger charge is -2.21. The highest BCUT2D eigenvalue weighted by atomic mass is 32.2. The molecular formula is C15H21N3O2S. The van der Waals surface area contributed by atoms with Gasteiger partial charge in [-0.3, -0.25) is 4.98 Å². The Morgan fingerprint density at radius 1 is 1.29 bits per heavy atom. The predicted molar refractivity (Wildman–Crippen MR) is 81.9 cm³/mol. The van der Waals surface area contributed by atoms with Gasteiger partial charge in [0.25, 0.3) is 0 Å². The molecule has 6 heteroatoms. The van der Waals surface area contributed by atoms with Gasteiger partial charge < -0.3 is 5.73 Å². The first-order chi connectivity index (χ1) is 10.1. The second-order valence-corrected chi connectivity index (χ2v) is 7.04. The van der Waals surface area contributed by atoms with E-state index in [9.17, 15) is 8.42 Å². The minimum absolute atomic E-state index is 0.155. The molecule has 0 aliphatic heterocycles. The van der Waals surface area contributed by atoms with Crippen molar-refractivity contribution in [2.45, 2.75) is 37.0 Å². The molecule has 114 valence electrons. The largest absolute Gasteiger partial charge is 0.320 e. The Hall–Kier alpha value is -1.42. The van der Waals surface area contributed by atoms with Crippen LogP contribution in [0.2, 0.25) is 0 Å². The van der Waals surface area contributed by atoms with Gasteiger partial charge in [-0.25, -0.2) is 13.1 Å². The van der Waals surface area contributed by atoms with Gasteiger partial charge in [-0.15, -0.1) is 0 Å². The van der Waals surface area contributed by atoms with Crippen LogP contribution in [0.4, 0.5) is 0 Å². The van der Waals surface area contributed by atoms with Crippen molar-refractivity contribution in [2.75, 3.05) is 13.1 Å². The van der Waals surface area contributed by atoms with Crippen molar-refractivity contribution >= 4 is 10.0 Å². The first-order valence-corrected chi connectivity index (χ1v) is 8.74. The first-order valence-electron chi connectivity index (χ1n) is 7.25. The quantitative estimate of drug-likeness (QED) is 0.820. The second-order valence-electron chi connectivity index (χ2n) is 5.27. The summed E-state index contributed by atoms with van der Waals surface area (Å²) in [6.07, 6.45) is 8.72. The van der Waals surface area contributed by atoms with Gasteiger partial charge in [0.2, 0.25) is 10.0 Å². The van der Waals surface area contributed by atoms with Gasteiger partial charge in [0.05, 0.1) is 6.54 Å². The highest BCUT2D eigenvalue weighted by molar-refractivity contribution is 7.89. The average Bonchev–Trinajstić information content (AvgIpc) is 2.52. The van der Waals surface area contributed by atoms with Gasteiger partial charge in [0, 0.05) is 24.5 Å². The zero-order valence-corrected chi connectivity index (χ0v) is 12.8. The molecule has 21 heavy (non-hydrogen) atoms. The maximum atomic E-state index is 12.3. The second kappa shape index (κ2) is 7.55. The lowest BCUT2D eigenvalue weighted by molar-refractivity contribution is 0.357. The molecule has 5 nitrogen and oxygen atoms in total. The molecular weight excluding hydrogens is 286 g/mol. The summed E-state index contributed by atoms with van der Waals surface area (Å²) in [4.78, 5) is 4.09. The number of aromatic nitrogens is 1. The van der Waals surface area contributed by atoms with Gasteiger partial charge in [-0.1, -0.05) is 31.1 Å². The van der Waals surface area contributed by atoms with E-state index in [4.69, 9.17) is 5.73 Å². The molecule has 0 spiro atoms. The minimum atomic E-state index is -3.52. The highest BCUT2D eigenvalue weighted by Gasteiger charge is 2.19. The van der Waals surface area contributed by atoms with Crippen LogP contribution in [0.5, 0.6) is 0 Å². The third-order valence-electron chi connectivity index (χ3n) is 3.65. The smallest absolute Gasteiger partial charge is 0.242 e. The fourth-order valence-corrected chi connectivity index (χ4v) is 3.59. The number of pyridine rings is 1. The van der Waals surface area contributed by atoms with Gasteiger partial charge >= 0.3 is 0 Å². The molecule has 1 saturated carbocycles. The fourth-order valence-electron chi connectivity index (χ4n) is 2.49. The zero-order valence-electron chi connectivity index (χ0n) is 12.0. The Morgan fingerprint density at radius 2 is 2.05 bits per heavy atom. The zero-order chi connectivity index (χ0) is 15.1. The summed E-state index contributed by atoms with van der Waals surface area (Å²) in [5.41, 5.74) is 5.86. The summed E-state index contributed by atoms with van der Waals surface area (Å²) in [5.74, 6) is 5.93. The molecule has 1 aromatic heterocycles. The van der Waals surface area contributed by atoms with E-state index in [0.717, 1.165) is 12.8 Å². The molecule has 0 aromatic carbocycles. The number of hydrogen-bond donors (Lipinski definition) is 2. The molecule has 0 bridgehead atoms. The summed E-state index contributed by atoms with van der Waals surface area (Å²) >= 11 is 0. The normalized spacial score (nSPS) is 16.2. The van der Waals surface area contributed by atoms with E-state index in [1.807, 2.05) is 0 Å². The standard InChI is InChI=1S/C15H21N3O2S/c16-8-4-7-14-9-15(12-17-10-14)21(19,20)18-11-13-5-2-1-3-6-13/h9-10,12-13,18H,1-3,5-6,8,11,16H2. The molecule has 0 atom stereocenters. The SMILES string of the molecule is NCC#Cc1cncc(S(=O)(=O)NCC2CCCCC2)c1. The topological polar surface area (TPSA) is 85.1 Å². The number of nitrogens with zero attached hydrogens (tertiary/aromatic N) is 1. The van der Waals surface area contributed by atoms with Crippen LogP contribution in [0.3, 0.4) is 0 Å². The maximum Gasteiger partial charge on any atom is 0.242 e. The van der Waals surface area contributed by atoms with Crippen LogP contribution >= 0.6 is 0 Å². The molecule has 2 rings (SSSR count). The predicted octanol–water partition coefficient (Wildman–Crippen LogP) is 1.25. The van der Waals surface area contributed by atoms with Crippen LogP contribution in [0.15, 0.2) is 23.4 Å². The van der Waals surface area contributed by atoms with Crippen LogP contribution < -0.4 is 10.5 Å². The van der Waals surface area contributed by atoms with Crippen LogP contribution in [0.1, 0.15) is 37.7 Å². The minimum Gasteiger partial charge on any atom is -0.320 e. The molecule has 0 unspecified atom stereocenters. The molecule has 0 saturated heterocycles. The number of sulfonamides is 1. The van der Waals surface area contributed by atoms with Crippen LogP contribution in [0.25, 0.3) is 0 Å². The number of nitrogens with one attached hydrogen (secondary N) is 1. The van der Waals surface area contributed by atoms with Gasteiger partial charge in [-0.05, 0) is 24.8 Å². The summed E-state index contributed by atoms with van der Waals surface area (Å²) in [5, 5.41) is 0. The lowest BCUT2D eigenvalue weighted by Crippen LogP contribution is -2.30. The molecule has 0 radical (unpaired) electrons. The molecule has 1 heterocycles. The van der Waals surface area contributed by atoms with Crippen molar-refractivity contribution in [3.05, 3.63) is 24.0 Å². The Kier molecular flexibility index (Phi) is 5.74. The van der Waals surface area contributed by atoms with Crippen LogP contribution in [0, 0.1) is 17.8 Å². The van der Waals surface area contributed by atoms with E-state index < -0.39 is 10.0 Å². The van der Waals surface area contributed by atoms with Crippen LogP contribution in [-0.4, -0.2) is 26.5 Å². The summed E-state index contributed by atoms with van der Waals surface area (Å²) in [6.45, 7) is 0.734. The van der Waals surface area contributed by atoms with Crippen molar-refractivity contribution in [1.29, 1.82) is 0 Å². The number of hydrogen-bond acceptors (Lipinski definition) is 4.